The SMILES string of the molecule is Cc1ccccc1NC(=O)C(C)(C)C(=O)N1CCc2ccccc2C1. The van der Waals surface area contributed by atoms with Crippen molar-refractivity contribution >= 4 is 17.5 Å². The summed E-state index contributed by atoms with van der Waals surface area (Å²) in [6.45, 7) is 6.55. The highest BCUT2D eigenvalue weighted by Gasteiger charge is 2.40. The molecule has 1 N–H and O–H groups in total. The second-order valence-electron chi connectivity index (χ2n) is 7.14. The molecular formula is C21H24N2O2. The molecule has 4 heteroatoms. The molecule has 0 atom stereocenters. The van der Waals surface area contributed by atoms with Crippen molar-refractivity contribution < 1.29 is 9.59 Å². The van der Waals surface area contributed by atoms with Crippen LogP contribution in [0.4, 0.5) is 5.69 Å². The van der Waals surface area contributed by atoms with E-state index in [0.29, 0.717) is 13.1 Å². The third-order valence-corrected chi connectivity index (χ3v) is 4.91. The van der Waals surface area contributed by atoms with E-state index >= 15 is 0 Å². The van der Waals surface area contributed by atoms with Crippen molar-refractivity contribution in [3.05, 3.63) is 65.2 Å². The molecule has 0 saturated carbocycles. The van der Waals surface area contributed by atoms with Crippen molar-refractivity contribution in [1.82, 2.24) is 4.90 Å². The quantitative estimate of drug-likeness (QED) is 0.872. The Bertz CT molecular complexity index is 811. The summed E-state index contributed by atoms with van der Waals surface area (Å²) in [5.74, 6) is -0.404. The third-order valence-electron chi connectivity index (χ3n) is 4.91. The van der Waals surface area contributed by atoms with Gasteiger partial charge in [-0.15, -0.1) is 0 Å². The van der Waals surface area contributed by atoms with E-state index in [1.807, 2.05) is 43.3 Å². The van der Waals surface area contributed by atoms with Crippen LogP contribution in [0.5, 0.6) is 0 Å². The van der Waals surface area contributed by atoms with Crippen LogP contribution in [0.3, 0.4) is 0 Å². The number of aryl methyl sites for hydroxylation is 1. The number of para-hydroxylation sites is 1. The number of rotatable bonds is 3. The summed E-state index contributed by atoms with van der Waals surface area (Å²) in [6, 6.07) is 15.8. The summed E-state index contributed by atoms with van der Waals surface area (Å²) in [6.07, 6.45) is 0.831. The second-order valence-corrected chi connectivity index (χ2v) is 7.14. The lowest BCUT2D eigenvalue weighted by atomic mass is 9.88. The van der Waals surface area contributed by atoms with Gasteiger partial charge in [0.05, 0.1) is 0 Å². The Labute approximate surface area is 148 Å². The van der Waals surface area contributed by atoms with E-state index in [4.69, 9.17) is 0 Å². The maximum absolute atomic E-state index is 13.0. The molecule has 1 aliphatic heterocycles. The first-order chi connectivity index (χ1) is 11.9. The van der Waals surface area contributed by atoms with Gasteiger partial charge in [-0.1, -0.05) is 42.5 Å². The fourth-order valence-corrected chi connectivity index (χ4v) is 3.15. The van der Waals surface area contributed by atoms with Gasteiger partial charge in [-0.05, 0) is 49.9 Å². The van der Waals surface area contributed by atoms with E-state index in [0.717, 1.165) is 23.2 Å². The smallest absolute Gasteiger partial charge is 0.239 e. The van der Waals surface area contributed by atoms with Gasteiger partial charge < -0.3 is 10.2 Å². The molecule has 130 valence electrons. The Balaban J connectivity index is 1.74. The normalized spacial score (nSPS) is 14.0. The number of nitrogens with zero attached hydrogens (tertiary/aromatic N) is 1. The Morgan fingerprint density at radius 2 is 1.64 bits per heavy atom. The minimum absolute atomic E-state index is 0.131. The minimum Gasteiger partial charge on any atom is -0.337 e. The van der Waals surface area contributed by atoms with Crippen LogP contribution in [-0.4, -0.2) is 23.3 Å². The predicted octanol–water partition coefficient (Wildman–Crippen LogP) is 3.54. The fraction of sp³-hybridized carbons (Fsp3) is 0.333. The molecule has 0 radical (unpaired) electrons. The molecule has 25 heavy (non-hydrogen) atoms. The number of hydrogen-bond acceptors (Lipinski definition) is 2. The molecule has 2 aromatic rings. The molecule has 4 nitrogen and oxygen atoms in total. The Morgan fingerprint density at radius 1 is 1.00 bits per heavy atom. The molecule has 1 heterocycles. The van der Waals surface area contributed by atoms with E-state index in [1.165, 1.54) is 5.56 Å². The van der Waals surface area contributed by atoms with Crippen LogP contribution in [0.25, 0.3) is 0 Å². The lowest BCUT2D eigenvalue weighted by Gasteiger charge is -2.34. The van der Waals surface area contributed by atoms with Crippen LogP contribution in [0, 0.1) is 12.3 Å². The van der Waals surface area contributed by atoms with Crippen molar-refractivity contribution in [2.45, 2.75) is 33.7 Å². The number of carbonyl (C=O) groups excluding carboxylic acids is 2. The molecule has 0 saturated heterocycles. The molecule has 1 aliphatic rings. The number of hydrogen-bond donors (Lipinski definition) is 1. The van der Waals surface area contributed by atoms with Crippen LogP contribution < -0.4 is 5.32 Å². The molecule has 0 spiro atoms. The summed E-state index contributed by atoms with van der Waals surface area (Å²) in [7, 11) is 0. The first kappa shape index (κ1) is 17.2. The monoisotopic (exact) mass is 336 g/mol. The van der Waals surface area contributed by atoms with Gasteiger partial charge in [-0.3, -0.25) is 9.59 Å². The first-order valence-corrected chi connectivity index (χ1v) is 8.63. The number of amides is 2. The second kappa shape index (κ2) is 6.71. The molecular weight excluding hydrogens is 312 g/mol. The van der Waals surface area contributed by atoms with Gasteiger partial charge in [-0.2, -0.15) is 0 Å². The van der Waals surface area contributed by atoms with Crippen molar-refractivity contribution in [3.63, 3.8) is 0 Å². The van der Waals surface area contributed by atoms with Crippen LogP contribution in [0.2, 0.25) is 0 Å². The van der Waals surface area contributed by atoms with E-state index in [-0.39, 0.29) is 11.8 Å². The summed E-state index contributed by atoms with van der Waals surface area (Å²) in [4.78, 5) is 27.6. The highest BCUT2D eigenvalue weighted by atomic mass is 16.2. The van der Waals surface area contributed by atoms with E-state index < -0.39 is 5.41 Å². The average Bonchev–Trinajstić information content (AvgIpc) is 2.62. The topological polar surface area (TPSA) is 49.4 Å². The lowest BCUT2D eigenvalue weighted by Crippen LogP contribution is -2.48. The van der Waals surface area contributed by atoms with Crippen LogP contribution in [0.15, 0.2) is 48.5 Å². The van der Waals surface area contributed by atoms with Gasteiger partial charge in [-0.25, -0.2) is 0 Å². The number of fused-ring (bicyclic) bond motifs is 1. The summed E-state index contributed by atoms with van der Waals surface area (Å²) >= 11 is 0. The predicted molar refractivity (Wildman–Crippen MR) is 99.2 cm³/mol. The molecule has 0 bridgehead atoms. The van der Waals surface area contributed by atoms with Crippen molar-refractivity contribution in [2.24, 2.45) is 5.41 Å². The molecule has 0 fully saturated rings. The average molecular weight is 336 g/mol. The molecule has 0 aliphatic carbocycles. The number of carbonyl (C=O) groups is 2. The van der Waals surface area contributed by atoms with Gasteiger partial charge in [0.1, 0.15) is 5.41 Å². The summed E-state index contributed by atoms with van der Waals surface area (Å²) < 4.78 is 0. The molecule has 3 rings (SSSR count). The van der Waals surface area contributed by atoms with Crippen molar-refractivity contribution in [3.8, 4) is 0 Å². The Kier molecular flexibility index (Phi) is 4.62. The maximum atomic E-state index is 13.0. The number of nitrogens with one attached hydrogen (secondary N) is 1. The number of anilines is 1. The fourth-order valence-electron chi connectivity index (χ4n) is 3.15. The van der Waals surface area contributed by atoms with Gasteiger partial charge in [0.2, 0.25) is 11.8 Å². The van der Waals surface area contributed by atoms with Crippen LogP contribution in [0.1, 0.15) is 30.5 Å². The van der Waals surface area contributed by atoms with Gasteiger partial charge >= 0.3 is 0 Å². The first-order valence-electron chi connectivity index (χ1n) is 8.63. The molecule has 2 aromatic carbocycles. The third kappa shape index (κ3) is 3.43. The van der Waals surface area contributed by atoms with Crippen molar-refractivity contribution in [2.75, 3.05) is 11.9 Å². The lowest BCUT2D eigenvalue weighted by molar-refractivity contribution is -0.147. The molecule has 0 unspecified atom stereocenters. The van der Waals surface area contributed by atoms with E-state index in [2.05, 4.69) is 17.4 Å². The molecule has 2 amide bonds. The zero-order valence-electron chi connectivity index (χ0n) is 15.0. The minimum atomic E-state index is -1.12. The zero-order valence-corrected chi connectivity index (χ0v) is 15.0. The zero-order chi connectivity index (χ0) is 18.0. The number of benzene rings is 2. The van der Waals surface area contributed by atoms with Gasteiger partial charge in [0, 0.05) is 18.8 Å². The standard InChI is InChI=1S/C21H24N2O2/c1-15-8-4-7-11-18(15)22-19(24)21(2,3)20(25)23-13-12-16-9-5-6-10-17(16)14-23/h4-11H,12-14H2,1-3H3,(H,22,24). The van der Waals surface area contributed by atoms with Crippen LogP contribution in [-0.2, 0) is 22.6 Å². The van der Waals surface area contributed by atoms with Crippen molar-refractivity contribution in [1.29, 1.82) is 0 Å². The highest BCUT2D eigenvalue weighted by Crippen LogP contribution is 2.27. The van der Waals surface area contributed by atoms with E-state index in [9.17, 15) is 9.59 Å². The highest BCUT2D eigenvalue weighted by molar-refractivity contribution is 6.10. The van der Waals surface area contributed by atoms with E-state index in [1.54, 1.807) is 18.7 Å². The Hall–Kier alpha value is -2.62. The van der Waals surface area contributed by atoms with Gasteiger partial charge in [0.25, 0.3) is 0 Å². The summed E-state index contributed by atoms with van der Waals surface area (Å²) in [5, 5.41) is 2.90. The summed E-state index contributed by atoms with van der Waals surface area (Å²) in [5.41, 5.74) is 3.06. The Morgan fingerprint density at radius 3 is 2.36 bits per heavy atom. The van der Waals surface area contributed by atoms with Gasteiger partial charge in [0.15, 0.2) is 0 Å². The van der Waals surface area contributed by atoms with Crippen LogP contribution >= 0.6 is 0 Å². The maximum Gasteiger partial charge on any atom is 0.239 e. The largest absolute Gasteiger partial charge is 0.337 e. The molecule has 0 aromatic heterocycles.